The van der Waals surface area contributed by atoms with E-state index in [1.165, 1.54) is 0 Å². The molecule has 26 heavy (non-hydrogen) atoms. The van der Waals surface area contributed by atoms with Gasteiger partial charge in [-0.25, -0.2) is 4.98 Å². The number of benzene rings is 1. The van der Waals surface area contributed by atoms with Gasteiger partial charge in [0.2, 0.25) is 5.91 Å². The largest absolute Gasteiger partial charge is 0.497 e. The van der Waals surface area contributed by atoms with Crippen molar-refractivity contribution in [2.45, 2.75) is 44.2 Å². The molecule has 0 saturated carbocycles. The van der Waals surface area contributed by atoms with Crippen LogP contribution in [0.5, 0.6) is 5.75 Å². The van der Waals surface area contributed by atoms with Crippen LogP contribution in [0.25, 0.3) is 0 Å². The molecule has 2 atom stereocenters. The molecule has 0 unspecified atom stereocenters. The summed E-state index contributed by atoms with van der Waals surface area (Å²) in [5.41, 5.74) is 0.746. The lowest BCUT2D eigenvalue weighted by Gasteiger charge is -2.37. The van der Waals surface area contributed by atoms with Crippen molar-refractivity contribution in [2.75, 3.05) is 13.7 Å². The summed E-state index contributed by atoms with van der Waals surface area (Å²) in [7, 11) is 3.55. The molecule has 1 N–H and O–H groups in total. The van der Waals surface area contributed by atoms with Crippen LogP contribution in [0.3, 0.4) is 0 Å². The highest BCUT2D eigenvalue weighted by molar-refractivity contribution is 5.77. The third-order valence-corrected chi connectivity index (χ3v) is 5.41. The van der Waals surface area contributed by atoms with Crippen LogP contribution in [-0.2, 0) is 23.9 Å². The van der Waals surface area contributed by atoms with Crippen LogP contribution in [0.4, 0.5) is 0 Å². The highest BCUT2D eigenvalue weighted by Gasteiger charge is 2.42. The topological polar surface area (TPSA) is 67.6 Å². The number of methoxy groups -OCH3 is 1. The molecule has 140 valence electrons. The lowest BCUT2D eigenvalue weighted by molar-refractivity contribution is -0.137. The van der Waals surface area contributed by atoms with Crippen LogP contribution in [0.15, 0.2) is 36.8 Å². The first kappa shape index (κ1) is 18.5. The van der Waals surface area contributed by atoms with Crippen LogP contribution in [0.1, 0.15) is 37.4 Å². The van der Waals surface area contributed by atoms with E-state index in [2.05, 4.69) is 4.98 Å². The summed E-state index contributed by atoms with van der Waals surface area (Å²) in [6.45, 7) is 2.49. The molecule has 0 radical (unpaired) electrons. The van der Waals surface area contributed by atoms with Gasteiger partial charge in [0.05, 0.1) is 19.5 Å². The summed E-state index contributed by atoms with van der Waals surface area (Å²) < 4.78 is 7.12. The fraction of sp³-hybridized carbons (Fsp3) is 0.500. The van der Waals surface area contributed by atoms with E-state index >= 15 is 0 Å². The molecule has 2 aromatic rings. The zero-order chi connectivity index (χ0) is 18.7. The van der Waals surface area contributed by atoms with Crippen molar-refractivity contribution in [3.8, 4) is 5.75 Å². The van der Waals surface area contributed by atoms with Gasteiger partial charge in [-0.15, -0.1) is 0 Å². The smallest absolute Gasteiger partial charge is 0.223 e. The second kappa shape index (κ2) is 7.50. The van der Waals surface area contributed by atoms with E-state index < -0.39 is 5.60 Å². The summed E-state index contributed by atoms with van der Waals surface area (Å²) >= 11 is 0. The lowest BCUT2D eigenvalue weighted by atomic mass is 9.86. The van der Waals surface area contributed by atoms with E-state index in [0.717, 1.165) is 29.8 Å². The molecule has 1 aliphatic rings. The molecule has 1 aliphatic heterocycles. The normalized spacial score (nSPS) is 19.4. The van der Waals surface area contributed by atoms with Crippen molar-refractivity contribution < 1.29 is 14.6 Å². The Hall–Kier alpha value is -2.34. The quantitative estimate of drug-likeness (QED) is 0.861. The Balaban J connectivity index is 1.71. The van der Waals surface area contributed by atoms with Gasteiger partial charge in [0.25, 0.3) is 0 Å². The molecule has 6 heteroatoms. The molecule has 0 aliphatic carbocycles. The van der Waals surface area contributed by atoms with Gasteiger partial charge >= 0.3 is 0 Å². The number of likely N-dealkylation sites (tertiary alicyclic amines) is 1. The van der Waals surface area contributed by atoms with Gasteiger partial charge in [-0.1, -0.05) is 12.1 Å². The van der Waals surface area contributed by atoms with Crippen LogP contribution >= 0.6 is 0 Å². The maximum Gasteiger partial charge on any atom is 0.223 e. The number of hydrogen-bond donors (Lipinski definition) is 1. The SMILES string of the molecule is COc1ccc([C@@](C)(O)[C@@H]2CCCN2C(=O)CCc2cncn2C)cc1. The zero-order valence-electron chi connectivity index (χ0n) is 15.7. The Morgan fingerprint density at radius 3 is 2.73 bits per heavy atom. The number of rotatable bonds is 6. The maximum absolute atomic E-state index is 12.8. The summed E-state index contributed by atoms with van der Waals surface area (Å²) in [4.78, 5) is 18.7. The molecule has 1 aromatic carbocycles. The van der Waals surface area contributed by atoms with Crippen molar-refractivity contribution in [3.63, 3.8) is 0 Å². The summed E-state index contributed by atoms with van der Waals surface area (Å²) in [5.74, 6) is 0.836. The van der Waals surface area contributed by atoms with Crippen molar-refractivity contribution in [2.24, 2.45) is 7.05 Å². The van der Waals surface area contributed by atoms with E-state index in [0.29, 0.717) is 19.4 Å². The fourth-order valence-electron chi connectivity index (χ4n) is 3.77. The molecular formula is C20H27N3O3. The molecule has 0 bridgehead atoms. The van der Waals surface area contributed by atoms with E-state index in [4.69, 9.17) is 4.74 Å². The van der Waals surface area contributed by atoms with Crippen molar-refractivity contribution in [3.05, 3.63) is 48.0 Å². The first-order valence-corrected chi connectivity index (χ1v) is 9.05. The highest BCUT2D eigenvalue weighted by Crippen LogP contribution is 2.35. The van der Waals surface area contributed by atoms with E-state index in [1.54, 1.807) is 26.6 Å². The molecular weight excluding hydrogens is 330 g/mol. The summed E-state index contributed by atoms with van der Waals surface area (Å²) in [6, 6.07) is 7.21. The fourth-order valence-corrected chi connectivity index (χ4v) is 3.77. The number of aryl methyl sites for hydroxylation is 2. The number of aliphatic hydroxyl groups is 1. The Morgan fingerprint density at radius 2 is 2.12 bits per heavy atom. The predicted octanol–water partition coefficient (Wildman–Crippen LogP) is 2.26. The molecule has 1 aromatic heterocycles. The van der Waals surface area contributed by atoms with Gasteiger partial charge in [0.15, 0.2) is 0 Å². The van der Waals surface area contributed by atoms with Gasteiger partial charge in [0, 0.05) is 31.9 Å². The molecule has 0 spiro atoms. The zero-order valence-corrected chi connectivity index (χ0v) is 15.7. The van der Waals surface area contributed by atoms with Gasteiger partial charge < -0.3 is 19.3 Å². The number of carbonyl (C=O) groups excluding carboxylic acids is 1. The second-order valence-electron chi connectivity index (χ2n) is 7.12. The van der Waals surface area contributed by atoms with Crippen LogP contribution in [0.2, 0.25) is 0 Å². The molecule has 6 nitrogen and oxygen atoms in total. The number of imidazole rings is 1. The molecule has 3 rings (SSSR count). The average molecular weight is 357 g/mol. The van der Waals surface area contributed by atoms with Crippen molar-refractivity contribution >= 4 is 5.91 Å². The predicted molar refractivity (Wildman–Crippen MR) is 98.8 cm³/mol. The van der Waals surface area contributed by atoms with Gasteiger partial charge in [-0.2, -0.15) is 0 Å². The van der Waals surface area contributed by atoms with Crippen molar-refractivity contribution in [1.29, 1.82) is 0 Å². The maximum atomic E-state index is 12.8. The number of hydrogen-bond acceptors (Lipinski definition) is 4. The molecule has 1 amide bonds. The van der Waals surface area contributed by atoms with E-state index in [1.807, 2.05) is 40.8 Å². The minimum Gasteiger partial charge on any atom is -0.497 e. The molecule has 1 saturated heterocycles. The van der Waals surface area contributed by atoms with Crippen LogP contribution in [0, 0.1) is 0 Å². The lowest BCUT2D eigenvalue weighted by Crippen LogP contribution is -2.48. The Kier molecular flexibility index (Phi) is 5.32. The number of aromatic nitrogens is 2. The van der Waals surface area contributed by atoms with Crippen LogP contribution < -0.4 is 4.74 Å². The van der Waals surface area contributed by atoms with Gasteiger partial charge in [-0.05, 0) is 43.9 Å². The minimum atomic E-state index is -1.09. The first-order chi connectivity index (χ1) is 12.4. The third kappa shape index (κ3) is 3.60. The second-order valence-corrected chi connectivity index (χ2v) is 7.12. The summed E-state index contributed by atoms with van der Waals surface area (Å²) in [5, 5.41) is 11.2. The Bertz CT molecular complexity index is 752. The summed E-state index contributed by atoms with van der Waals surface area (Å²) in [6.07, 6.45) is 6.33. The number of ether oxygens (including phenoxy) is 1. The van der Waals surface area contributed by atoms with Crippen molar-refractivity contribution in [1.82, 2.24) is 14.5 Å². The monoisotopic (exact) mass is 357 g/mol. The molecule has 2 heterocycles. The Labute approximate surface area is 154 Å². The number of carbonyl (C=O) groups is 1. The average Bonchev–Trinajstić information content (AvgIpc) is 3.29. The first-order valence-electron chi connectivity index (χ1n) is 9.05. The van der Waals surface area contributed by atoms with E-state index in [-0.39, 0.29) is 11.9 Å². The standard InChI is InChI=1S/C20H27N3O3/c1-20(25,15-6-9-17(26-3)10-7-15)18-5-4-12-23(18)19(24)11-8-16-13-21-14-22(16)2/h6-7,9-10,13-14,18,25H,4-5,8,11-12H2,1-3H3/t18-,20+/m0/s1. The number of amides is 1. The van der Waals surface area contributed by atoms with Gasteiger partial charge in [0.1, 0.15) is 11.4 Å². The Morgan fingerprint density at radius 1 is 1.38 bits per heavy atom. The van der Waals surface area contributed by atoms with Crippen LogP contribution in [-0.4, -0.2) is 45.2 Å². The highest BCUT2D eigenvalue weighted by atomic mass is 16.5. The van der Waals surface area contributed by atoms with Gasteiger partial charge in [-0.3, -0.25) is 4.79 Å². The number of nitrogens with zero attached hydrogens (tertiary/aromatic N) is 3. The third-order valence-electron chi connectivity index (χ3n) is 5.41. The minimum absolute atomic E-state index is 0.0856. The van der Waals surface area contributed by atoms with E-state index in [9.17, 15) is 9.90 Å². The molecule has 1 fully saturated rings.